The van der Waals surface area contributed by atoms with Crippen molar-refractivity contribution in [3.05, 3.63) is 42.5 Å². The molecule has 2 aromatic heterocycles. The first-order valence-electron chi connectivity index (χ1n) is 8.07. The van der Waals surface area contributed by atoms with Crippen molar-refractivity contribution >= 4 is 17.5 Å². The first-order chi connectivity index (χ1) is 11.3. The Morgan fingerprint density at radius 2 is 2.04 bits per heavy atom. The van der Waals surface area contributed by atoms with Crippen LogP contribution in [-0.4, -0.2) is 39.5 Å². The lowest BCUT2D eigenvalue weighted by atomic mass is 10.1. The number of anilines is 2. The van der Waals surface area contributed by atoms with Crippen LogP contribution in [0.4, 0.5) is 11.6 Å². The SMILES string of the molecule is CCc1cnc(N2CC[C@H]3[C@H]2CC(=O)N3c2cccnc2)nc1. The number of carbonyl (C=O) groups is 1. The van der Waals surface area contributed by atoms with Gasteiger partial charge < -0.3 is 9.80 Å². The van der Waals surface area contributed by atoms with Crippen LogP contribution < -0.4 is 9.80 Å². The Bertz CT molecular complexity index is 703. The molecular weight excluding hydrogens is 290 g/mol. The molecule has 6 heteroatoms. The van der Waals surface area contributed by atoms with Crippen molar-refractivity contribution in [1.82, 2.24) is 15.0 Å². The van der Waals surface area contributed by atoms with Crippen LogP contribution >= 0.6 is 0 Å². The smallest absolute Gasteiger partial charge is 0.229 e. The zero-order chi connectivity index (χ0) is 15.8. The summed E-state index contributed by atoms with van der Waals surface area (Å²) in [6, 6.07) is 4.15. The van der Waals surface area contributed by atoms with E-state index in [1.807, 2.05) is 29.4 Å². The Morgan fingerprint density at radius 3 is 2.74 bits per heavy atom. The topological polar surface area (TPSA) is 62.2 Å². The lowest BCUT2D eigenvalue weighted by molar-refractivity contribution is -0.117. The Hall–Kier alpha value is -2.50. The zero-order valence-electron chi connectivity index (χ0n) is 13.1. The maximum absolute atomic E-state index is 12.5. The van der Waals surface area contributed by atoms with Crippen molar-refractivity contribution in [2.75, 3.05) is 16.3 Å². The van der Waals surface area contributed by atoms with Gasteiger partial charge in [0, 0.05) is 31.6 Å². The van der Waals surface area contributed by atoms with Gasteiger partial charge in [0.1, 0.15) is 0 Å². The van der Waals surface area contributed by atoms with Gasteiger partial charge in [-0.05, 0) is 30.5 Å². The van der Waals surface area contributed by atoms with Crippen LogP contribution in [0.5, 0.6) is 0 Å². The number of aromatic nitrogens is 3. The number of fused-ring (bicyclic) bond motifs is 1. The van der Waals surface area contributed by atoms with E-state index in [1.54, 1.807) is 12.4 Å². The van der Waals surface area contributed by atoms with Gasteiger partial charge >= 0.3 is 0 Å². The standard InChI is InChI=1S/C17H19N5O/c1-2-12-9-19-17(20-10-12)21-7-5-14-15(21)8-16(23)22(14)13-4-3-6-18-11-13/h3-4,6,9-11,14-15H,2,5,7-8H2,1H3/t14-,15+/m0/s1. The summed E-state index contributed by atoms with van der Waals surface area (Å²) >= 11 is 0. The van der Waals surface area contributed by atoms with Crippen molar-refractivity contribution in [2.24, 2.45) is 0 Å². The molecule has 0 saturated carbocycles. The van der Waals surface area contributed by atoms with Crippen LogP contribution in [0, 0.1) is 0 Å². The molecule has 1 amide bonds. The van der Waals surface area contributed by atoms with Gasteiger partial charge in [-0.3, -0.25) is 9.78 Å². The summed E-state index contributed by atoms with van der Waals surface area (Å²) in [5.74, 6) is 0.887. The summed E-state index contributed by atoms with van der Waals surface area (Å²) in [4.78, 5) is 29.7. The molecular formula is C17H19N5O. The Labute approximate surface area is 135 Å². The molecule has 2 fully saturated rings. The van der Waals surface area contributed by atoms with Gasteiger partial charge in [0.2, 0.25) is 11.9 Å². The summed E-state index contributed by atoms with van der Waals surface area (Å²) in [6.45, 7) is 2.97. The largest absolute Gasteiger partial charge is 0.335 e. The molecule has 2 saturated heterocycles. The number of rotatable bonds is 3. The molecule has 2 aliphatic heterocycles. The number of pyridine rings is 1. The van der Waals surface area contributed by atoms with Gasteiger partial charge in [-0.15, -0.1) is 0 Å². The fraction of sp³-hybridized carbons (Fsp3) is 0.412. The predicted octanol–water partition coefficient (Wildman–Crippen LogP) is 1.82. The second kappa shape index (κ2) is 5.61. The van der Waals surface area contributed by atoms with Crippen molar-refractivity contribution in [1.29, 1.82) is 0 Å². The third kappa shape index (κ3) is 2.34. The van der Waals surface area contributed by atoms with Crippen LogP contribution in [0.1, 0.15) is 25.3 Å². The molecule has 2 aliphatic rings. The number of nitrogens with zero attached hydrogens (tertiary/aromatic N) is 5. The van der Waals surface area contributed by atoms with Crippen LogP contribution in [0.3, 0.4) is 0 Å². The van der Waals surface area contributed by atoms with E-state index in [0.717, 1.165) is 36.6 Å². The summed E-state index contributed by atoms with van der Waals surface area (Å²) in [6.07, 6.45) is 9.62. The summed E-state index contributed by atoms with van der Waals surface area (Å²) in [7, 11) is 0. The molecule has 0 unspecified atom stereocenters. The van der Waals surface area contributed by atoms with Crippen molar-refractivity contribution in [3.63, 3.8) is 0 Å². The number of carbonyl (C=O) groups excluding carboxylic acids is 1. The fourth-order valence-electron chi connectivity index (χ4n) is 3.61. The molecule has 4 rings (SSSR count). The van der Waals surface area contributed by atoms with Crippen LogP contribution in [0.15, 0.2) is 36.9 Å². The number of amides is 1. The highest BCUT2D eigenvalue weighted by atomic mass is 16.2. The molecule has 2 aromatic rings. The third-order valence-corrected chi connectivity index (χ3v) is 4.78. The van der Waals surface area contributed by atoms with Crippen LogP contribution in [0.25, 0.3) is 0 Å². The van der Waals surface area contributed by atoms with E-state index in [-0.39, 0.29) is 18.0 Å². The summed E-state index contributed by atoms with van der Waals surface area (Å²) in [5.41, 5.74) is 2.01. The van der Waals surface area contributed by atoms with E-state index in [1.165, 1.54) is 0 Å². The van der Waals surface area contributed by atoms with E-state index in [0.29, 0.717) is 6.42 Å². The van der Waals surface area contributed by atoms with Gasteiger partial charge in [0.15, 0.2) is 0 Å². The van der Waals surface area contributed by atoms with Gasteiger partial charge in [-0.1, -0.05) is 6.92 Å². The maximum Gasteiger partial charge on any atom is 0.229 e. The molecule has 0 aromatic carbocycles. The molecule has 23 heavy (non-hydrogen) atoms. The minimum atomic E-state index is 0.148. The highest BCUT2D eigenvalue weighted by Crippen LogP contribution is 2.36. The molecule has 0 bridgehead atoms. The van der Waals surface area contributed by atoms with Crippen molar-refractivity contribution < 1.29 is 4.79 Å². The first kappa shape index (κ1) is 14.1. The van der Waals surface area contributed by atoms with Crippen molar-refractivity contribution in [2.45, 2.75) is 38.3 Å². The average Bonchev–Trinajstić information content (AvgIpc) is 3.13. The summed E-state index contributed by atoms with van der Waals surface area (Å²) in [5, 5.41) is 0. The number of aryl methyl sites for hydroxylation is 1. The third-order valence-electron chi connectivity index (χ3n) is 4.78. The zero-order valence-corrected chi connectivity index (χ0v) is 13.1. The number of hydrogen-bond donors (Lipinski definition) is 0. The fourth-order valence-corrected chi connectivity index (χ4v) is 3.61. The molecule has 4 heterocycles. The van der Waals surface area contributed by atoms with E-state index in [9.17, 15) is 4.79 Å². The van der Waals surface area contributed by atoms with Gasteiger partial charge in [-0.2, -0.15) is 0 Å². The predicted molar refractivity (Wildman–Crippen MR) is 87.3 cm³/mol. The second-order valence-electron chi connectivity index (χ2n) is 6.04. The minimum absolute atomic E-state index is 0.148. The van der Waals surface area contributed by atoms with Crippen molar-refractivity contribution in [3.8, 4) is 0 Å². The highest BCUT2D eigenvalue weighted by Gasteiger charge is 2.48. The van der Waals surface area contributed by atoms with E-state index in [2.05, 4.69) is 26.8 Å². The maximum atomic E-state index is 12.5. The Morgan fingerprint density at radius 1 is 1.22 bits per heavy atom. The number of hydrogen-bond acceptors (Lipinski definition) is 5. The molecule has 0 spiro atoms. The molecule has 0 N–H and O–H groups in total. The second-order valence-corrected chi connectivity index (χ2v) is 6.04. The molecule has 2 atom stereocenters. The van der Waals surface area contributed by atoms with Gasteiger partial charge in [0.25, 0.3) is 0 Å². The molecule has 0 radical (unpaired) electrons. The molecule has 118 valence electrons. The quantitative estimate of drug-likeness (QED) is 0.865. The molecule has 6 nitrogen and oxygen atoms in total. The van der Waals surface area contributed by atoms with Gasteiger partial charge in [0.05, 0.1) is 24.0 Å². The highest BCUT2D eigenvalue weighted by molar-refractivity contribution is 5.97. The van der Waals surface area contributed by atoms with Gasteiger partial charge in [-0.25, -0.2) is 9.97 Å². The van der Waals surface area contributed by atoms with E-state index >= 15 is 0 Å². The Kier molecular flexibility index (Phi) is 3.44. The Balaban J connectivity index is 1.60. The normalized spacial score (nSPS) is 23.4. The van der Waals surface area contributed by atoms with Crippen LogP contribution in [-0.2, 0) is 11.2 Å². The molecule has 0 aliphatic carbocycles. The van der Waals surface area contributed by atoms with E-state index in [4.69, 9.17) is 0 Å². The lowest BCUT2D eigenvalue weighted by Gasteiger charge is -2.25. The minimum Gasteiger partial charge on any atom is -0.335 e. The summed E-state index contributed by atoms with van der Waals surface area (Å²) < 4.78 is 0. The van der Waals surface area contributed by atoms with Crippen LogP contribution in [0.2, 0.25) is 0 Å². The lowest BCUT2D eigenvalue weighted by Crippen LogP contribution is -2.38. The van der Waals surface area contributed by atoms with E-state index < -0.39 is 0 Å². The first-order valence-corrected chi connectivity index (χ1v) is 8.07. The average molecular weight is 309 g/mol. The monoisotopic (exact) mass is 309 g/mol.